The SMILES string of the molecule is CC(C)(C)C(=O)ON1CCC(C(CC=O)c2ccccc2)CC1. The topological polar surface area (TPSA) is 46.6 Å². The Hall–Kier alpha value is -1.68. The normalized spacial score (nSPS) is 18.4. The van der Waals surface area contributed by atoms with Gasteiger partial charge in [0.1, 0.15) is 6.29 Å². The van der Waals surface area contributed by atoms with E-state index in [4.69, 9.17) is 4.84 Å². The minimum Gasteiger partial charge on any atom is -0.367 e. The van der Waals surface area contributed by atoms with Crippen LogP contribution in [0.4, 0.5) is 0 Å². The van der Waals surface area contributed by atoms with Gasteiger partial charge in [0.15, 0.2) is 0 Å². The fourth-order valence-electron chi connectivity index (χ4n) is 3.03. The first-order valence-electron chi connectivity index (χ1n) is 8.37. The highest BCUT2D eigenvalue weighted by atomic mass is 16.7. The van der Waals surface area contributed by atoms with Crippen molar-refractivity contribution in [2.45, 2.75) is 46.0 Å². The highest BCUT2D eigenvalue weighted by Gasteiger charge is 2.31. The number of hydrogen-bond acceptors (Lipinski definition) is 4. The van der Waals surface area contributed by atoms with Gasteiger partial charge in [-0.15, -0.1) is 5.06 Å². The molecule has 0 N–H and O–H groups in total. The maximum Gasteiger partial charge on any atom is 0.330 e. The van der Waals surface area contributed by atoms with Crippen molar-refractivity contribution in [1.29, 1.82) is 0 Å². The Bertz CT molecular complexity index is 513. The molecular formula is C19H27NO3. The van der Waals surface area contributed by atoms with Crippen molar-refractivity contribution in [3.63, 3.8) is 0 Å². The molecule has 0 radical (unpaired) electrons. The molecule has 23 heavy (non-hydrogen) atoms. The van der Waals surface area contributed by atoms with Crippen LogP contribution in [0.1, 0.15) is 51.5 Å². The van der Waals surface area contributed by atoms with E-state index < -0.39 is 5.41 Å². The first-order chi connectivity index (χ1) is 10.9. The molecule has 0 aromatic heterocycles. The van der Waals surface area contributed by atoms with Crippen LogP contribution in [-0.4, -0.2) is 30.4 Å². The Balaban J connectivity index is 1.94. The van der Waals surface area contributed by atoms with E-state index in [1.807, 2.05) is 39.0 Å². The van der Waals surface area contributed by atoms with Gasteiger partial charge in [-0.1, -0.05) is 30.3 Å². The molecule has 0 bridgehead atoms. The van der Waals surface area contributed by atoms with E-state index >= 15 is 0 Å². The third-order valence-electron chi connectivity index (χ3n) is 4.47. The molecule has 1 aromatic carbocycles. The number of carbonyl (C=O) groups is 2. The van der Waals surface area contributed by atoms with Gasteiger partial charge < -0.3 is 9.63 Å². The molecule has 2 rings (SSSR count). The number of carbonyl (C=O) groups excluding carboxylic acids is 2. The second kappa shape index (κ2) is 7.73. The fourth-order valence-corrected chi connectivity index (χ4v) is 3.03. The molecule has 4 heteroatoms. The first kappa shape index (κ1) is 17.7. The zero-order valence-corrected chi connectivity index (χ0v) is 14.3. The summed E-state index contributed by atoms with van der Waals surface area (Å²) >= 11 is 0. The molecule has 1 aromatic rings. The molecule has 1 aliphatic heterocycles. The van der Waals surface area contributed by atoms with Gasteiger partial charge in [-0.05, 0) is 51.0 Å². The van der Waals surface area contributed by atoms with E-state index in [1.165, 1.54) is 5.56 Å². The van der Waals surface area contributed by atoms with Gasteiger partial charge >= 0.3 is 5.97 Å². The van der Waals surface area contributed by atoms with Crippen LogP contribution in [0.5, 0.6) is 0 Å². The van der Waals surface area contributed by atoms with Crippen LogP contribution >= 0.6 is 0 Å². The molecule has 1 fully saturated rings. The molecule has 0 spiro atoms. The quantitative estimate of drug-likeness (QED) is 0.779. The van der Waals surface area contributed by atoms with Crippen molar-refractivity contribution >= 4 is 12.3 Å². The predicted molar refractivity (Wildman–Crippen MR) is 89.7 cm³/mol. The minimum absolute atomic E-state index is 0.191. The number of hydroxylamine groups is 2. The minimum atomic E-state index is -0.485. The Kier molecular flexibility index (Phi) is 5.94. The van der Waals surface area contributed by atoms with Crippen LogP contribution in [-0.2, 0) is 14.4 Å². The lowest BCUT2D eigenvalue weighted by atomic mass is 9.79. The first-order valence-corrected chi connectivity index (χ1v) is 8.37. The smallest absolute Gasteiger partial charge is 0.330 e. The summed E-state index contributed by atoms with van der Waals surface area (Å²) in [5.74, 6) is 0.518. The van der Waals surface area contributed by atoms with Crippen LogP contribution in [0.2, 0.25) is 0 Å². The molecule has 1 saturated heterocycles. The number of rotatable bonds is 5. The molecule has 0 aliphatic carbocycles. The lowest BCUT2D eigenvalue weighted by Crippen LogP contribution is -2.39. The highest BCUT2D eigenvalue weighted by molar-refractivity contribution is 5.75. The molecular weight excluding hydrogens is 290 g/mol. The zero-order chi connectivity index (χ0) is 16.9. The van der Waals surface area contributed by atoms with Crippen molar-refractivity contribution in [3.05, 3.63) is 35.9 Å². The van der Waals surface area contributed by atoms with Gasteiger partial charge in [-0.2, -0.15) is 0 Å². The summed E-state index contributed by atoms with van der Waals surface area (Å²) in [5, 5.41) is 1.77. The monoisotopic (exact) mass is 317 g/mol. The maximum atomic E-state index is 12.0. The molecule has 0 saturated carbocycles. The maximum absolute atomic E-state index is 12.0. The number of hydrogen-bond donors (Lipinski definition) is 0. The summed E-state index contributed by atoms with van der Waals surface area (Å²) in [6.07, 6.45) is 3.44. The third-order valence-corrected chi connectivity index (χ3v) is 4.47. The highest BCUT2D eigenvalue weighted by Crippen LogP contribution is 2.35. The lowest BCUT2D eigenvalue weighted by Gasteiger charge is -2.35. The predicted octanol–water partition coefficient (Wildman–Crippen LogP) is 3.58. The van der Waals surface area contributed by atoms with Crippen LogP contribution in [0, 0.1) is 11.3 Å². The molecule has 1 unspecified atom stereocenters. The average molecular weight is 317 g/mol. The van der Waals surface area contributed by atoms with Gasteiger partial charge in [-0.3, -0.25) is 0 Å². The summed E-state index contributed by atoms with van der Waals surface area (Å²) in [6.45, 7) is 7.04. The zero-order valence-electron chi connectivity index (χ0n) is 14.3. The van der Waals surface area contributed by atoms with Crippen molar-refractivity contribution in [2.24, 2.45) is 11.3 Å². The van der Waals surface area contributed by atoms with Gasteiger partial charge in [0, 0.05) is 19.5 Å². The molecule has 126 valence electrons. The van der Waals surface area contributed by atoms with Crippen molar-refractivity contribution < 1.29 is 14.4 Å². The summed E-state index contributed by atoms with van der Waals surface area (Å²) in [4.78, 5) is 28.5. The van der Waals surface area contributed by atoms with E-state index in [0.717, 1.165) is 32.2 Å². The Morgan fingerprint density at radius 2 is 1.87 bits per heavy atom. The second-order valence-corrected chi connectivity index (χ2v) is 7.31. The van der Waals surface area contributed by atoms with Crippen LogP contribution < -0.4 is 0 Å². The molecule has 0 amide bonds. The Labute approximate surface area is 138 Å². The molecule has 1 atom stereocenters. The van der Waals surface area contributed by atoms with Gasteiger partial charge in [0.2, 0.25) is 0 Å². The van der Waals surface area contributed by atoms with E-state index in [-0.39, 0.29) is 11.9 Å². The van der Waals surface area contributed by atoms with E-state index in [1.54, 1.807) is 5.06 Å². The van der Waals surface area contributed by atoms with E-state index in [9.17, 15) is 9.59 Å². The second-order valence-electron chi connectivity index (χ2n) is 7.31. The Morgan fingerprint density at radius 3 is 2.39 bits per heavy atom. The van der Waals surface area contributed by atoms with Gasteiger partial charge in [-0.25, -0.2) is 4.79 Å². The van der Waals surface area contributed by atoms with Crippen LogP contribution in [0.15, 0.2) is 30.3 Å². The van der Waals surface area contributed by atoms with Gasteiger partial charge in [0.25, 0.3) is 0 Å². The standard InChI is InChI=1S/C19H27NO3/c1-19(2,3)18(22)23-20-12-9-16(10-13-20)17(11-14-21)15-7-5-4-6-8-15/h4-8,14,16-17H,9-13H2,1-3H3. The lowest BCUT2D eigenvalue weighted by molar-refractivity contribution is -0.206. The number of piperidine rings is 1. The fraction of sp³-hybridized carbons (Fsp3) is 0.579. The van der Waals surface area contributed by atoms with Gasteiger partial charge in [0.05, 0.1) is 5.41 Å². The third kappa shape index (κ3) is 4.90. The van der Waals surface area contributed by atoms with Crippen LogP contribution in [0.3, 0.4) is 0 Å². The summed E-state index contributed by atoms with van der Waals surface area (Å²) in [7, 11) is 0. The van der Waals surface area contributed by atoms with E-state index in [2.05, 4.69) is 12.1 Å². The number of aldehydes is 1. The molecule has 1 heterocycles. The number of benzene rings is 1. The summed E-state index contributed by atoms with van der Waals surface area (Å²) in [5.41, 5.74) is 0.741. The Morgan fingerprint density at radius 1 is 1.26 bits per heavy atom. The average Bonchev–Trinajstić information content (AvgIpc) is 2.53. The summed E-state index contributed by atoms with van der Waals surface area (Å²) < 4.78 is 0. The van der Waals surface area contributed by atoms with Crippen LogP contribution in [0.25, 0.3) is 0 Å². The van der Waals surface area contributed by atoms with Crippen molar-refractivity contribution in [3.8, 4) is 0 Å². The summed E-state index contributed by atoms with van der Waals surface area (Å²) in [6, 6.07) is 10.2. The van der Waals surface area contributed by atoms with E-state index in [0.29, 0.717) is 12.3 Å². The molecule has 4 nitrogen and oxygen atoms in total. The largest absolute Gasteiger partial charge is 0.367 e. The van der Waals surface area contributed by atoms with Crippen molar-refractivity contribution in [1.82, 2.24) is 5.06 Å². The van der Waals surface area contributed by atoms with Crippen molar-refractivity contribution in [2.75, 3.05) is 13.1 Å². The molecule has 1 aliphatic rings. The number of nitrogens with zero attached hydrogens (tertiary/aromatic N) is 1.